The molecule has 4 aromatic rings. The summed E-state index contributed by atoms with van der Waals surface area (Å²) in [7, 11) is 0. The minimum absolute atomic E-state index is 0.374. The quantitative estimate of drug-likeness (QED) is 0.529. The molecule has 0 aliphatic rings. The van der Waals surface area contributed by atoms with Gasteiger partial charge >= 0.3 is 0 Å². The second kappa shape index (κ2) is 4.76. The molecule has 4 rings (SSSR count). The third-order valence-corrected chi connectivity index (χ3v) is 3.56. The van der Waals surface area contributed by atoms with Crippen LogP contribution in [0.3, 0.4) is 0 Å². The lowest BCUT2D eigenvalue weighted by molar-refractivity contribution is 0.488. The van der Waals surface area contributed by atoms with Crippen LogP contribution >= 0.6 is 23.2 Å². The van der Waals surface area contributed by atoms with Crippen molar-refractivity contribution in [1.82, 2.24) is 9.97 Å². The van der Waals surface area contributed by atoms with Crippen molar-refractivity contribution < 1.29 is 8.83 Å². The highest BCUT2D eigenvalue weighted by atomic mass is 35.5. The second-order valence-corrected chi connectivity index (χ2v) is 5.49. The molecule has 21 heavy (non-hydrogen) atoms. The van der Waals surface area contributed by atoms with Crippen molar-refractivity contribution in [3.8, 4) is 0 Å². The van der Waals surface area contributed by atoms with Crippen LogP contribution in [0.4, 0.5) is 0 Å². The van der Waals surface area contributed by atoms with Gasteiger partial charge in [-0.15, -0.1) is 0 Å². The number of benzene rings is 2. The molecule has 2 heterocycles. The van der Waals surface area contributed by atoms with Gasteiger partial charge in [-0.05, 0) is 36.4 Å². The normalized spacial score (nSPS) is 11.5. The highest BCUT2D eigenvalue weighted by molar-refractivity contribution is 6.31. The summed E-state index contributed by atoms with van der Waals surface area (Å²) in [4.78, 5) is 8.76. The van der Waals surface area contributed by atoms with Crippen molar-refractivity contribution in [2.75, 3.05) is 0 Å². The number of fused-ring (bicyclic) bond motifs is 2. The molecule has 0 fully saturated rings. The first-order valence-corrected chi connectivity index (χ1v) is 7.03. The largest absolute Gasteiger partial charge is 0.440 e. The van der Waals surface area contributed by atoms with Crippen LogP contribution < -0.4 is 0 Å². The fourth-order valence-electron chi connectivity index (χ4n) is 2.18. The van der Waals surface area contributed by atoms with Gasteiger partial charge in [-0.25, -0.2) is 9.97 Å². The SMILES string of the molecule is Clc1ccc2oc(Cc3nc4cc(Cl)ccc4o3)nc2c1. The maximum atomic E-state index is 5.93. The summed E-state index contributed by atoms with van der Waals surface area (Å²) in [5.41, 5.74) is 2.82. The molecule has 4 nitrogen and oxygen atoms in total. The summed E-state index contributed by atoms with van der Waals surface area (Å²) in [5.74, 6) is 1.06. The maximum Gasteiger partial charge on any atom is 0.204 e. The topological polar surface area (TPSA) is 52.1 Å². The van der Waals surface area contributed by atoms with Crippen molar-refractivity contribution in [3.05, 3.63) is 58.2 Å². The molecule has 0 radical (unpaired) electrons. The molecule has 0 bridgehead atoms. The van der Waals surface area contributed by atoms with Gasteiger partial charge in [0.1, 0.15) is 17.5 Å². The molecule has 0 atom stereocenters. The Bertz CT molecular complexity index is 881. The summed E-state index contributed by atoms with van der Waals surface area (Å²) in [6, 6.07) is 10.6. The van der Waals surface area contributed by atoms with Crippen LogP contribution in [0.2, 0.25) is 10.0 Å². The van der Waals surface area contributed by atoms with E-state index in [2.05, 4.69) is 9.97 Å². The van der Waals surface area contributed by atoms with Crippen molar-refractivity contribution in [2.24, 2.45) is 0 Å². The van der Waals surface area contributed by atoms with Gasteiger partial charge in [0, 0.05) is 10.0 Å². The van der Waals surface area contributed by atoms with E-state index in [-0.39, 0.29) is 0 Å². The van der Waals surface area contributed by atoms with E-state index in [9.17, 15) is 0 Å². The van der Waals surface area contributed by atoms with Crippen LogP contribution in [-0.4, -0.2) is 9.97 Å². The molecule has 0 N–H and O–H groups in total. The van der Waals surface area contributed by atoms with Crippen molar-refractivity contribution >= 4 is 45.4 Å². The van der Waals surface area contributed by atoms with Crippen molar-refractivity contribution in [2.45, 2.75) is 6.42 Å². The zero-order valence-corrected chi connectivity index (χ0v) is 12.1. The lowest BCUT2D eigenvalue weighted by atomic mass is 10.3. The van der Waals surface area contributed by atoms with E-state index in [0.29, 0.717) is 39.4 Å². The molecule has 0 spiro atoms. The highest BCUT2D eigenvalue weighted by Crippen LogP contribution is 2.24. The molecule has 0 saturated carbocycles. The van der Waals surface area contributed by atoms with Gasteiger partial charge in [0.2, 0.25) is 11.8 Å². The molecular formula is C15H8Cl2N2O2. The number of rotatable bonds is 2. The lowest BCUT2D eigenvalue weighted by Gasteiger charge is -1.88. The van der Waals surface area contributed by atoms with Crippen LogP contribution in [0.1, 0.15) is 11.8 Å². The Morgan fingerprint density at radius 3 is 1.71 bits per heavy atom. The Morgan fingerprint density at radius 2 is 1.24 bits per heavy atom. The fraction of sp³-hybridized carbons (Fsp3) is 0.0667. The maximum absolute atomic E-state index is 5.93. The third kappa shape index (κ3) is 2.37. The first-order chi connectivity index (χ1) is 10.2. The van der Waals surface area contributed by atoms with Crippen LogP contribution in [0.25, 0.3) is 22.2 Å². The van der Waals surface area contributed by atoms with E-state index in [4.69, 9.17) is 32.0 Å². The predicted octanol–water partition coefficient (Wildman–Crippen LogP) is 4.87. The third-order valence-electron chi connectivity index (χ3n) is 3.09. The smallest absolute Gasteiger partial charge is 0.204 e. The average molecular weight is 319 g/mol. The molecule has 6 heteroatoms. The Balaban J connectivity index is 1.71. The van der Waals surface area contributed by atoms with E-state index >= 15 is 0 Å². The standard InChI is InChI=1S/C15H8Cl2N2O2/c16-8-1-3-12-10(5-8)18-14(20-12)7-15-19-11-6-9(17)2-4-13(11)21-15/h1-6H,7H2. The average Bonchev–Trinajstić information content (AvgIpc) is 3.00. The second-order valence-electron chi connectivity index (χ2n) is 4.62. The van der Waals surface area contributed by atoms with Gasteiger partial charge in [-0.3, -0.25) is 0 Å². The number of hydrogen-bond acceptors (Lipinski definition) is 4. The van der Waals surface area contributed by atoms with E-state index in [1.54, 1.807) is 36.4 Å². The molecule has 0 unspecified atom stereocenters. The van der Waals surface area contributed by atoms with Crippen LogP contribution in [0.15, 0.2) is 45.2 Å². The first-order valence-electron chi connectivity index (χ1n) is 6.27. The first kappa shape index (κ1) is 12.7. The zero-order chi connectivity index (χ0) is 14.4. The highest BCUT2D eigenvalue weighted by Gasteiger charge is 2.12. The van der Waals surface area contributed by atoms with Crippen LogP contribution in [0.5, 0.6) is 0 Å². The number of hydrogen-bond donors (Lipinski definition) is 0. The molecule has 104 valence electrons. The monoisotopic (exact) mass is 318 g/mol. The van der Waals surface area contributed by atoms with E-state index in [0.717, 1.165) is 11.0 Å². The number of aromatic nitrogens is 2. The van der Waals surface area contributed by atoms with Gasteiger partial charge in [0.25, 0.3) is 0 Å². The molecule has 0 amide bonds. The molecule has 2 aromatic heterocycles. The Labute approximate surface area is 129 Å². The Kier molecular flexibility index (Phi) is 2.87. The number of nitrogens with zero attached hydrogens (tertiary/aromatic N) is 2. The minimum Gasteiger partial charge on any atom is -0.440 e. The predicted molar refractivity (Wildman–Crippen MR) is 80.8 cm³/mol. The van der Waals surface area contributed by atoms with Crippen LogP contribution in [0, 0.1) is 0 Å². The molecule has 0 aliphatic carbocycles. The Morgan fingerprint density at radius 1 is 0.762 bits per heavy atom. The summed E-state index contributed by atoms with van der Waals surface area (Å²) >= 11 is 11.9. The summed E-state index contributed by atoms with van der Waals surface area (Å²) < 4.78 is 11.3. The summed E-state index contributed by atoms with van der Waals surface area (Å²) in [5, 5.41) is 1.25. The molecular weight excluding hydrogens is 311 g/mol. The van der Waals surface area contributed by atoms with Gasteiger partial charge < -0.3 is 8.83 Å². The van der Waals surface area contributed by atoms with Gasteiger partial charge in [-0.2, -0.15) is 0 Å². The molecule has 0 aliphatic heterocycles. The van der Waals surface area contributed by atoms with Gasteiger partial charge in [0.15, 0.2) is 11.2 Å². The van der Waals surface area contributed by atoms with Crippen molar-refractivity contribution in [1.29, 1.82) is 0 Å². The number of oxazole rings is 2. The fourth-order valence-corrected chi connectivity index (χ4v) is 2.51. The zero-order valence-electron chi connectivity index (χ0n) is 10.6. The lowest BCUT2D eigenvalue weighted by Crippen LogP contribution is -1.87. The van der Waals surface area contributed by atoms with Crippen molar-refractivity contribution in [3.63, 3.8) is 0 Å². The molecule has 2 aromatic carbocycles. The van der Waals surface area contributed by atoms with E-state index < -0.39 is 0 Å². The van der Waals surface area contributed by atoms with Crippen LogP contribution in [-0.2, 0) is 6.42 Å². The van der Waals surface area contributed by atoms with Gasteiger partial charge in [0.05, 0.1) is 0 Å². The number of halogens is 2. The van der Waals surface area contributed by atoms with E-state index in [1.807, 2.05) is 0 Å². The minimum atomic E-state index is 0.374. The van der Waals surface area contributed by atoms with E-state index in [1.165, 1.54) is 0 Å². The summed E-state index contributed by atoms with van der Waals surface area (Å²) in [6.07, 6.45) is 0.374. The Hall–Kier alpha value is -2.04. The van der Waals surface area contributed by atoms with Gasteiger partial charge in [-0.1, -0.05) is 23.2 Å². The molecule has 0 saturated heterocycles. The summed E-state index contributed by atoms with van der Waals surface area (Å²) in [6.45, 7) is 0.